The Bertz CT molecular complexity index is 1700. The molecule has 2 aliphatic heterocycles. The smallest absolute Gasteiger partial charge is 0.338 e. The average Bonchev–Trinajstić information content (AvgIpc) is 3.43. The highest BCUT2D eigenvalue weighted by Crippen LogP contribution is 2.37. The van der Waals surface area contributed by atoms with Crippen LogP contribution in [0.4, 0.5) is 5.69 Å². The number of aromatic nitrogens is 1. The van der Waals surface area contributed by atoms with E-state index in [1.807, 2.05) is 55.5 Å². The number of hydrogen-bond acceptors (Lipinski definition) is 8. The van der Waals surface area contributed by atoms with Crippen LogP contribution < -0.4 is 24.6 Å². The summed E-state index contributed by atoms with van der Waals surface area (Å²) in [5.74, 6) is -0.929. The monoisotopic (exact) mass is 558 g/mol. The Labute approximate surface area is 235 Å². The number of rotatable bonds is 8. The van der Waals surface area contributed by atoms with E-state index in [1.165, 1.54) is 20.9 Å². The SMILES string of the molecule is CCCC1=C(C(=O)OCC)[C@H](c2ccccc2OC)n2c(s/c(=C/[C@H]3C(=O)N(c4ccccc4)N=C3C)c2=O)=N1. The van der Waals surface area contributed by atoms with Gasteiger partial charge in [0.1, 0.15) is 17.7 Å². The van der Waals surface area contributed by atoms with Gasteiger partial charge in [-0.3, -0.25) is 14.2 Å². The number of hydrogen-bond donors (Lipinski definition) is 0. The predicted molar refractivity (Wildman–Crippen MR) is 154 cm³/mol. The first-order chi connectivity index (χ1) is 19.4. The van der Waals surface area contributed by atoms with Gasteiger partial charge < -0.3 is 9.47 Å². The Hall–Kier alpha value is -4.31. The lowest BCUT2D eigenvalue weighted by Crippen LogP contribution is -2.40. The van der Waals surface area contributed by atoms with Crippen molar-refractivity contribution in [1.82, 2.24) is 4.57 Å². The van der Waals surface area contributed by atoms with Gasteiger partial charge in [0.15, 0.2) is 4.80 Å². The van der Waals surface area contributed by atoms with Crippen molar-refractivity contribution in [2.24, 2.45) is 16.0 Å². The fourth-order valence-corrected chi connectivity index (χ4v) is 6.03. The standard InChI is InChI=1S/C30H30N4O5S/c1-5-12-22-25(29(37)39-6-2)26(20-15-10-11-16-23(20)38-4)33-28(36)24(40-30(33)31-22)17-21-18(3)32-34(27(21)35)19-13-8-7-9-14-19/h7-11,13-17,21,26H,5-6,12H2,1-4H3/b24-17+/t21-,26+/m1/s1. The van der Waals surface area contributed by atoms with E-state index >= 15 is 0 Å². The lowest BCUT2D eigenvalue weighted by atomic mass is 9.93. The number of nitrogens with zero attached hydrogens (tertiary/aromatic N) is 4. The summed E-state index contributed by atoms with van der Waals surface area (Å²) in [4.78, 5) is 46.0. The summed E-state index contributed by atoms with van der Waals surface area (Å²) in [5.41, 5.74) is 2.43. The molecule has 9 nitrogen and oxygen atoms in total. The lowest BCUT2D eigenvalue weighted by molar-refractivity contribution is -0.139. The summed E-state index contributed by atoms with van der Waals surface area (Å²) < 4.78 is 13.0. The van der Waals surface area contributed by atoms with Gasteiger partial charge in [-0.15, -0.1) is 0 Å². The topological polar surface area (TPSA) is 103 Å². The van der Waals surface area contributed by atoms with Gasteiger partial charge in [0.25, 0.3) is 11.5 Å². The molecule has 1 amide bonds. The molecule has 1 aromatic heterocycles. The number of para-hydroxylation sites is 2. The van der Waals surface area contributed by atoms with Crippen LogP contribution in [0.15, 0.2) is 80.8 Å². The van der Waals surface area contributed by atoms with E-state index in [0.29, 0.717) is 49.7 Å². The summed E-state index contributed by atoms with van der Waals surface area (Å²) in [6.45, 7) is 5.71. The van der Waals surface area contributed by atoms with Crippen LogP contribution in [0.5, 0.6) is 5.75 Å². The normalized spacial score (nSPS) is 18.9. The minimum absolute atomic E-state index is 0.186. The first-order valence-electron chi connectivity index (χ1n) is 13.2. The number of amides is 1. The zero-order chi connectivity index (χ0) is 28.4. The van der Waals surface area contributed by atoms with Crippen molar-refractivity contribution < 1.29 is 19.1 Å². The fourth-order valence-electron chi connectivity index (χ4n) is 5.00. The molecule has 0 bridgehead atoms. The number of carbonyl (C=O) groups excluding carboxylic acids is 2. The average molecular weight is 559 g/mol. The Balaban J connectivity index is 1.69. The van der Waals surface area contributed by atoms with Crippen LogP contribution in [0.1, 0.15) is 45.2 Å². The minimum Gasteiger partial charge on any atom is -0.496 e. The molecule has 0 spiro atoms. The Morgan fingerprint density at radius 3 is 2.50 bits per heavy atom. The zero-order valence-electron chi connectivity index (χ0n) is 22.8. The minimum atomic E-state index is -0.801. The highest BCUT2D eigenvalue weighted by Gasteiger charge is 2.37. The first-order valence-corrected chi connectivity index (χ1v) is 14.0. The molecule has 0 fully saturated rings. The van der Waals surface area contributed by atoms with E-state index in [0.717, 1.165) is 6.42 Å². The number of fused-ring (bicyclic) bond motifs is 1. The molecule has 2 aliphatic rings. The quantitative estimate of drug-likeness (QED) is 0.394. The molecule has 206 valence electrons. The molecule has 2 aromatic carbocycles. The van der Waals surface area contributed by atoms with Crippen molar-refractivity contribution >= 4 is 40.7 Å². The Morgan fingerprint density at radius 2 is 1.80 bits per heavy atom. The molecule has 5 rings (SSSR count). The lowest BCUT2D eigenvalue weighted by Gasteiger charge is -2.26. The van der Waals surface area contributed by atoms with Crippen molar-refractivity contribution in [3.63, 3.8) is 0 Å². The van der Waals surface area contributed by atoms with Crippen LogP contribution in [-0.2, 0) is 14.3 Å². The van der Waals surface area contributed by atoms with Gasteiger partial charge in [-0.1, -0.05) is 61.1 Å². The van der Waals surface area contributed by atoms with Crippen molar-refractivity contribution in [2.45, 2.75) is 39.7 Å². The first kappa shape index (κ1) is 27.3. The van der Waals surface area contributed by atoms with E-state index in [9.17, 15) is 14.4 Å². The fraction of sp³-hybridized carbons (Fsp3) is 0.300. The number of hydrazone groups is 1. The molecular formula is C30H30N4O5S. The molecule has 0 unspecified atom stereocenters. The highest BCUT2D eigenvalue weighted by atomic mass is 32.1. The van der Waals surface area contributed by atoms with Gasteiger partial charge in [-0.25, -0.2) is 9.79 Å². The molecule has 0 radical (unpaired) electrons. The van der Waals surface area contributed by atoms with Gasteiger partial charge >= 0.3 is 5.97 Å². The van der Waals surface area contributed by atoms with Crippen LogP contribution in [-0.4, -0.2) is 35.9 Å². The predicted octanol–water partition coefficient (Wildman–Crippen LogP) is 3.58. The molecule has 10 heteroatoms. The molecule has 0 N–H and O–H groups in total. The van der Waals surface area contributed by atoms with E-state index < -0.39 is 17.9 Å². The van der Waals surface area contributed by atoms with E-state index in [2.05, 4.69) is 5.10 Å². The molecule has 40 heavy (non-hydrogen) atoms. The number of thiazole rings is 1. The second kappa shape index (κ2) is 11.4. The summed E-state index contributed by atoms with van der Waals surface area (Å²) >= 11 is 1.19. The van der Waals surface area contributed by atoms with Gasteiger partial charge in [0.05, 0.1) is 40.9 Å². The number of benzene rings is 2. The third kappa shape index (κ3) is 4.79. The van der Waals surface area contributed by atoms with E-state index in [1.54, 1.807) is 33.1 Å². The second-order valence-corrected chi connectivity index (χ2v) is 10.4. The van der Waals surface area contributed by atoms with Crippen molar-refractivity contribution in [3.05, 3.63) is 91.1 Å². The molecule has 0 saturated carbocycles. The van der Waals surface area contributed by atoms with Crippen LogP contribution in [0.3, 0.4) is 0 Å². The maximum atomic E-state index is 14.0. The summed E-state index contributed by atoms with van der Waals surface area (Å²) in [7, 11) is 1.55. The largest absolute Gasteiger partial charge is 0.496 e. The van der Waals surface area contributed by atoms with Crippen molar-refractivity contribution in [3.8, 4) is 5.75 Å². The summed E-state index contributed by atoms with van der Waals surface area (Å²) in [6, 6.07) is 15.7. The van der Waals surface area contributed by atoms with Gasteiger partial charge in [-0.05, 0) is 44.5 Å². The maximum absolute atomic E-state index is 14.0. The molecule has 3 heterocycles. The Kier molecular flexibility index (Phi) is 7.79. The van der Waals surface area contributed by atoms with Gasteiger partial charge in [-0.2, -0.15) is 10.1 Å². The van der Waals surface area contributed by atoms with Gasteiger partial charge in [0, 0.05) is 5.56 Å². The van der Waals surface area contributed by atoms with Gasteiger partial charge in [0.2, 0.25) is 0 Å². The third-order valence-corrected chi connectivity index (χ3v) is 7.83. The van der Waals surface area contributed by atoms with E-state index in [-0.39, 0.29) is 18.1 Å². The van der Waals surface area contributed by atoms with Crippen LogP contribution in [0.2, 0.25) is 0 Å². The molecule has 0 aliphatic carbocycles. The van der Waals surface area contributed by atoms with Crippen molar-refractivity contribution in [1.29, 1.82) is 0 Å². The van der Waals surface area contributed by atoms with E-state index in [4.69, 9.17) is 14.5 Å². The highest BCUT2D eigenvalue weighted by molar-refractivity contribution is 7.07. The Morgan fingerprint density at radius 1 is 1.07 bits per heavy atom. The second-order valence-electron chi connectivity index (χ2n) is 9.38. The summed E-state index contributed by atoms with van der Waals surface area (Å²) in [5, 5.41) is 5.83. The molecular weight excluding hydrogens is 528 g/mol. The number of carbonyl (C=O) groups is 2. The number of allylic oxidation sites excluding steroid dienone is 1. The molecule has 0 saturated heterocycles. The summed E-state index contributed by atoms with van der Waals surface area (Å²) in [6.07, 6.45) is 2.93. The zero-order valence-corrected chi connectivity index (χ0v) is 23.6. The van der Waals surface area contributed by atoms with Crippen LogP contribution >= 0.6 is 11.3 Å². The number of anilines is 1. The number of esters is 1. The van der Waals surface area contributed by atoms with Crippen LogP contribution in [0.25, 0.3) is 6.08 Å². The third-order valence-electron chi connectivity index (χ3n) is 6.83. The number of ether oxygens (including phenoxy) is 2. The van der Waals surface area contributed by atoms with Crippen molar-refractivity contribution in [2.75, 3.05) is 18.7 Å². The molecule has 3 aromatic rings. The maximum Gasteiger partial charge on any atom is 0.338 e. The number of methoxy groups -OCH3 is 1. The molecule has 2 atom stereocenters. The van der Waals surface area contributed by atoms with Crippen LogP contribution in [0, 0.1) is 5.92 Å².